The van der Waals surface area contributed by atoms with E-state index in [2.05, 4.69) is 0 Å². The summed E-state index contributed by atoms with van der Waals surface area (Å²) in [5.41, 5.74) is 0.949. The van der Waals surface area contributed by atoms with E-state index in [0.717, 1.165) is 0 Å². The molecule has 3 nitrogen and oxygen atoms in total. The van der Waals surface area contributed by atoms with E-state index in [0.29, 0.717) is 21.2 Å². The molecule has 108 valence electrons. The van der Waals surface area contributed by atoms with Gasteiger partial charge in [0.25, 0.3) is 0 Å². The van der Waals surface area contributed by atoms with Gasteiger partial charge in [-0.3, -0.25) is 9.59 Å². The highest BCUT2D eigenvalue weighted by molar-refractivity contribution is 6.31. The van der Waals surface area contributed by atoms with Crippen LogP contribution in [0.5, 0.6) is 0 Å². The maximum absolute atomic E-state index is 12.2. The second-order valence-corrected chi connectivity index (χ2v) is 5.45. The van der Waals surface area contributed by atoms with Crippen molar-refractivity contribution in [1.29, 1.82) is 0 Å². The summed E-state index contributed by atoms with van der Waals surface area (Å²) in [4.78, 5) is 23.6. The Morgan fingerprint density at radius 3 is 2.24 bits per heavy atom. The Hall–Kier alpha value is -1.84. The molecule has 0 radical (unpaired) electrons. The van der Waals surface area contributed by atoms with Gasteiger partial charge < -0.3 is 5.11 Å². The van der Waals surface area contributed by atoms with Gasteiger partial charge in [0.05, 0.1) is 5.92 Å². The van der Waals surface area contributed by atoms with Crippen LogP contribution in [0.2, 0.25) is 10.0 Å². The predicted octanol–water partition coefficient (Wildman–Crippen LogP) is 4.43. The number of carboxylic acid groups (broad SMARTS) is 1. The Morgan fingerprint density at radius 2 is 1.67 bits per heavy atom. The Kier molecular flexibility index (Phi) is 4.99. The van der Waals surface area contributed by atoms with E-state index in [-0.39, 0.29) is 12.2 Å². The average Bonchev–Trinajstić information content (AvgIpc) is 2.45. The lowest BCUT2D eigenvalue weighted by atomic mass is 9.92. The third-order valence-electron chi connectivity index (χ3n) is 3.10. The molecule has 5 heteroatoms. The first-order chi connectivity index (χ1) is 9.97. The largest absolute Gasteiger partial charge is 0.481 e. The van der Waals surface area contributed by atoms with Crippen LogP contribution in [0.25, 0.3) is 0 Å². The topological polar surface area (TPSA) is 54.4 Å². The predicted molar refractivity (Wildman–Crippen MR) is 82.2 cm³/mol. The monoisotopic (exact) mass is 322 g/mol. The Bertz CT molecular complexity index is 665. The molecule has 21 heavy (non-hydrogen) atoms. The third kappa shape index (κ3) is 4.06. The van der Waals surface area contributed by atoms with Crippen molar-refractivity contribution in [3.63, 3.8) is 0 Å². The van der Waals surface area contributed by atoms with Gasteiger partial charge in [0.1, 0.15) is 0 Å². The first-order valence-corrected chi connectivity index (χ1v) is 7.00. The number of rotatable bonds is 5. The lowest BCUT2D eigenvalue weighted by Gasteiger charge is -2.12. The molecule has 1 N–H and O–H groups in total. The van der Waals surface area contributed by atoms with Crippen molar-refractivity contribution in [1.82, 2.24) is 0 Å². The number of ketones is 1. The Balaban J connectivity index is 2.22. The second-order valence-electron chi connectivity index (χ2n) is 4.58. The van der Waals surface area contributed by atoms with E-state index in [1.165, 1.54) is 0 Å². The summed E-state index contributed by atoms with van der Waals surface area (Å²) in [5, 5.41) is 10.3. The number of carbonyl (C=O) groups excluding carboxylic acids is 1. The molecule has 0 aromatic heterocycles. The van der Waals surface area contributed by atoms with Crippen molar-refractivity contribution in [3.05, 3.63) is 69.7 Å². The fourth-order valence-corrected chi connectivity index (χ4v) is 2.33. The maximum Gasteiger partial charge on any atom is 0.311 e. The van der Waals surface area contributed by atoms with Gasteiger partial charge in [-0.1, -0.05) is 35.3 Å². The number of benzene rings is 2. The van der Waals surface area contributed by atoms with Crippen LogP contribution in [0, 0.1) is 0 Å². The first kappa shape index (κ1) is 15.5. The van der Waals surface area contributed by atoms with Crippen LogP contribution in [-0.4, -0.2) is 16.9 Å². The molecular weight excluding hydrogens is 311 g/mol. The van der Waals surface area contributed by atoms with Crippen molar-refractivity contribution in [2.24, 2.45) is 0 Å². The Labute approximate surface area is 132 Å². The molecule has 2 aromatic carbocycles. The number of hydrogen-bond donors (Lipinski definition) is 1. The minimum atomic E-state index is -1.06. The molecule has 0 saturated carbocycles. The van der Waals surface area contributed by atoms with E-state index in [1.54, 1.807) is 48.5 Å². The summed E-state index contributed by atoms with van der Waals surface area (Å²) in [6.45, 7) is 0. The fourth-order valence-electron chi connectivity index (χ4n) is 2.01. The van der Waals surface area contributed by atoms with Crippen molar-refractivity contribution in [3.8, 4) is 0 Å². The highest BCUT2D eigenvalue weighted by atomic mass is 35.5. The number of carbonyl (C=O) groups is 2. The molecule has 0 fully saturated rings. The highest BCUT2D eigenvalue weighted by Gasteiger charge is 2.24. The van der Waals surface area contributed by atoms with Crippen LogP contribution in [0.1, 0.15) is 28.3 Å². The van der Waals surface area contributed by atoms with E-state index in [1.807, 2.05) is 0 Å². The average molecular weight is 323 g/mol. The van der Waals surface area contributed by atoms with Gasteiger partial charge in [-0.25, -0.2) is 0 Å². The molecule has 0 bridgehead atoms. The molecular formula is C16H12Cl2O3. The fraction of sp³-hybridized carbons (Fsp3) is 0.125. The standard InChI is InChI=1S/C16H12Cl2O3/c17-12-6-4-10(5-7-12)15(19)9-14(16(20)21)11-2-1-3-13(18)8-11/h1-8,14H,9H2,(H,20,21)/t14-/m0/s1. The molecule has 1 atom stereocenters. The summed E-state index contributed by atoms with van der Waals surface area (Å²) in [6.07, 6.45) is -0.128. The summed E-state index contributed by atoms with van der Waals surface area (Å²) >= 11 is 11.6. The van der Waals surface area contributed by atoms with E-state index >= 15 is 0 Å². The summed E-state index contributed by atoms with van der Waals surface area (Å²) < 4.78 is 0. The van der Waals surface area contributed by atoms with Gasteiger partial charge in [0.2, 0.25) is 0 Å². The van der Waals surface area contributed by atoms with Crippen LogP contribution in [0.15, 0.2) is 48.5 Å². The van der Waals surface area contributed by atoms with Gasteiger partial charge in [0.15, 0.2) is 5.78 Å². The quantitative estimate of drug-likeness (QED) is 0.828. The normalized spacial score (nSPS) is 11.9. The molecule has 0 heterocycles. The van der Waals surface area contributed by atoms with Crippen LogP contribution in [0.4, 0.5) is 0 Å². The third-order valence-corrected chi connectivity index (χ3v) is 3.59. The van der Waals surface area contributed by atoms with Crippen molar-refractivity contribution in [2.75, 3.05) is 0 Å². The zero-order valence-corrected chi connectivity index (χ0v) is 12.4. The van der Waals surface area contributed by atoms with Crippen LogP contribution in [0.3, 0.4) is 0 Å². The minimum Gasteiger partial charge on any atom is -0.481 e. The van der Waals surface area contributed by atoms with Gasteiger partial charge in [-0.2, -0.15) is 0 Å². The van der Waals surface area contributed by atoms with Crippen LogP contribution >= 0.6 is 23.2 Å². The number of hydrogen-bond acceptors (Lipinski definition) is 2. The van der Waals surface area contributed by atoms with Crippen molar-refractivity contribution in [2.45, 2.75) is 12.3 Å². The van der Waals surface area contributed by atoms with Gasteiger partial charge in [-0.15, -0.1) is 0 Å². The molecule has 0 aliphatic rings. The number of halogens is 2. The molecule has 0 saturated heterocycles. The summed E-state index contributed by atoms with van der Waals surface area (Å²) in [7, 11) is 0. The van der Waals surface area contributed by atoms with Gasteiger partial charge in [0, 0.05) is 22.0 Å². The number of carboxylic acids is 1. The number of Topliss-reactive ketones (excluding diaryl/α,β-unsaturated/α-hetero) is 1. The molecule has 0 unspecified atom stereocenters. The molecule has 0 aliphatic heterocycles. The van der Waals surface area contributed by atoms with Crippen LogP contribution < -0.4 is 0 Å². The molecule has 2 aromatic rings. The zero-order valence-electron chi connectivity index (χ0n) is 10.9. The first-order valence-electron chi connectivity index (χ1n) is 6.24. The van der Waals surface area contributed by atoms with Crippen LogP contribution in [-0.2, 0) is 4.79 Å². The van der Waals surface area contributed by atoms with Crippen molar-refractivity contribution < 1.29 is 14.7 Å². The highest BCUT2D eigenvalue weighted by Crippen LogP contribution is 2.25. The Morgan fingerprint density at radius 1 is 1.00 bits per heavy atom. The van der Waals surface area contributed by atoms with Gasteiger partial charge in [-0.05, 0) is 42.0 Å². The molecule has 0 aliphatic carbocycles. The lowest BCUT2D eigenvalue weighted by molar-refractivity contribution is -0.138. The molecule has 0 amide bonds. The zero-order chi connectivity index (χ0) is 15.4. The summed E-state index contributed by atoms with van der Waals surface area (Å²) in [5.74, 6) is -2.23. The lowest BCUT2D eigenvalue weighted by Crippen LogP contribution is -2.16. The second kappa shape index (κ2) is 6.74. The number of aliphatic carboxylic acids is 1. The van der Waals surface area contributed by atoms with E-state index in [9.17, 15) is 14.7 Å². The smallest absolute Gasteiger partial charge is 0.311 e. The molecule has 0 spiro atoms. The van der Waals surface area contributed by atoms with E-state index in [4.69, 9.17) is 23.2 Å². The van der Waals surface area contributed by atoms with E-state index < -0.39 is 11.9 Å². The minimum absolute atomic E-state index is 0.128. The summed E-state index contributed by atoms with van der Waals surface area (Å²) in [6, 6.07) is 12.9. The van der Waals surface area contributed by atoms with Gasteiger partial charge >= 0.3 is 5.97 Å². The SMILES string of the molecule is O=C(C[C@H](C(=O)O)c1cccc(Cl)c1)c1ccc(Cl)cc1. The van der Waals surface area contributed by atoms with Crippen molar-refractivity contribution >= 4 is 35.0 Å². The molecule has 2 rings (SSSR count). The maximum atomic E-state index is 12.2.